The fraction of sp³-hybridized carbons (Fsp3) is 0.682. The second-order valence-electron chi connectivity index (χ2n) is 7.31. The molecule has 0 aromatic heterocycles. The van der Waals surface area contributed by atoms with Crippen LogP contribution in [0.25, 0.3) is 0 Å². The summed E-state index contributed by atoms with van der Waals surface area (Å²) in [6.45, 7) is 2.47. The lowest BCUT2D eigenvalue weighted by Gasteiger charge is -2.13. The Morgan fingerprint density at radius 1 is 0.857 bits per heavy atom. The van der Waals surface area contributed by atoms with Crippen LogP contribution in [0.4, 0.5) is 17.6 Å². The van der Waals surface area contributed by atoms with Crippen molar-refractivity contribution in [3.05, 3.63) is 35.1 Å². The van der Waals surface area contributed by atoms with Crippen LogP contribution in [0, 0.1) is 5.82 Å². The maximum atomic E-state index is 13.7. The van der Waals surface area contributed by atoms with E-state index in [4.69, 9.17) is 0 Å². The second-order valence-corrected chi connectivity index (χ2v) is 7.31. The highest BCUT2D eigenvalue weighted by Gasteiger charge is 2.36. The summed E-state index contributed by atoms with van der Waals surface area (Å²) < 4.78 is 52.5. The molecule has 2 nitrogen and oxygen atoms in total. The van der Waals surface area contributed by atoms with Crippen molar-refractivity contribution in [1.82, 2.24) is 5.32 Å². The van der Waals surface area contributed by atoms with Crippen molar-refractivity contribution in [2.45, 2.75) is 90.1 Å². The summed E-state index contributed by atoms with van der Waals surface area (Å²) in [6, 6.07) is 2.55. The number of carbonyl (C=O) groups excluding carboxylic acids is 1. The van der Waals surface area contributed by atoms with Gasteiger partial charge in [-0.1, -0.05) is 83.6 Å². The average Bonchev–Trinajstić information content (AvgIpc) is 2.64. The van der Waals surface area contributed by atoms with E-state index in [2.05, 4.69) is 12.2 Å². The second kappa shape index (κ2) is 13.6. The van der Waals surface area contributed by atoms with Crippen molar-refractivity contribution in [3.63, 3.8) is 0 Å². The maximum absolute atomic E-state index is 13.7. The molecule has 0 saturated carbocycles. The van der Waals surface area contributed by atoms with Gasteiger partial charge < -0.3 is 5.32 Å². The van der Waals surface area contributed by atoms with Crippen molar-refractivity contribution in [3.8, 4) is 0 Å². The minimum absolute atomic E-state index is 0.252. The summed E-state index contributed by atoms with van der Waals surface area (Å²) in [7, 11) is 0. The Morgan fingerprint density at radius 3 is 1.86 bits per heavy atom. The SMILES string of the molecule is CCCCCCCCCCCCCCNC(=O)c1c(F)cccc1C(F)(F)F. The van der Waals surface area contributed by atoms with Gasteiger partial charge in [-0.15, -0.1) is 0 Å². The third-order valence-corrected chi connectivity index (χ3v) is 4.86. The molecule has 0 unspecified atom stereocenters. The number of nitrogens with one attached hydrogen (secondary N) is 1. The van der Waals surface area contributed by atoms with Crippen LogP contribution in [0.5, 0.6) is 0 Å². The van der Waals surface area contributed by atoms with Gasteiger partial charge in [0.05, 0.1) is 11.1 Å². The number of alkyl halides is 3. The summed E-state index contributed by atoms with van der Waals surface area (Å²) in [4.78, 5) is 12.0. The fourth-order valence-electron chi connectivity index (χ4n) is 3.25. The topological polar surface area (TPSA) is 29.1 Å². The molecule has 1 rings (SSSR count). The number of hydrogen-bond acceptors (Lipinski definition) is 1. The number of halogens is 4. The zero-order valence-corrected chi connectivity index (χ0v) is 16.8. The first-order valence-corrected chi connectivity index (χ1v) is 10.5. The van der Waals surface area contributed by atoms with Crippen LogP contribution in [0.1, 0.15) is 99.9 Å². The zero-order chi connectivity index (χ0) is 20.8. The predicted molar refractivity (Wildman–Crippen MR) is 105 cm³/mol. The number of benzene rings is 1. The van der Waals surface area contributed by atoms with E-state index in [1.807, 2.05) is 0 Å². The van der Waals surface area contributed by atoms with Crippen LogP contribution < -0.4 is 5.32 Å². The molecule has 0 aliphatic heterocycles. The minimum Gasteiger partial charge on any atom is -0.352 e. The lowest BCUT2D eigenvalue weighted by atomic mass is 10.0. The molecule has 6 heteroatoms. The highest BCUT2D eigenvalue weighted by Crippen LogP contribution is 2.32. The Kier molecular flexibility index (Phi) is 11.8. The quantitative estimate of drug-likeness (QED) is 0.257. The Hall–Kier alpha value is -1.59. The van der Waals surface area contributed by atoms with Gasteiger partial charge in [0, 0.05) is 6.54 Å². The van der Waals surface area contributed by atoms with E-state index in [-0.39, 0.29) is 6.54 Å². The molecule has 0 aliphatic carbocycles. The van der Waals surface area contributed by atoms with E-state index in [0.29, 0.717) is 6.42 Å². The molecule has 1 aromatic rings. The monoisotopic (exact) mass is 403 g/mol. The maximum Gasteiger partial charge on any atom is 0.417 e. The lowest BCUT2D eigenvalue weighted by Crippen LogP contribution is -2.28. The number of hydrogen-bond donors (Lipinski definition) is 1. The first kappa shape index (κ1) is 24.4. The van der Waals surface area contributed by atoms with Crippen LogP contribution in [-0.4, -0.2) is 12.5 Å². The molecule has 0 heterocycles. The standard InChI is InChI=1S/C22H33F4NO/c1-2-3-4-5-6-7-8-9-10-11-12-13-17-27-21(28)20-18(22(24,25)26)15-14-16-19(20)23/h14-16H,2-13,17H2,1H3,(H,27,28). The molecule has 1 N–H and O–H groups in total. The fourth-order valence-corrected chi connectivity index (χ4v) is 3.25. The summed E-state index contributed by atoms with van der Waals surface area (Å²) in [5.41, 5.74) is -2.16. The first-order chi connectivity index (χ1) is 13.4. The molecule has 0 spiro atoms. The largest absolute Gasteiger partial charge is 0.417 e. The molecule has 0 saturated heterocycles. The van der Waals surface area contributed by atoms with E-state index in [1.54, 1.807) is 0 Å². The van der Waals surface area contributed by atoms with E-state index in [9.17, 15) is 22.4 Å². The van der Waals surface area contributed by atoms with Crippen molar-refractivity contribution >= 4 is 5.91 Å². The zero-order valence-electron chi connectivity index (χ0n) is 16.8. The van der Waals surface area contributed by atoms with Gasteiger partial charge in [-0.05, 0) is 18.6 Å². The molecule has 0 atom stereocenters. The smallest absolute Gasteiger partial charge is 0.352 e. The average molecular weight is 404 g/mol. The molecule has 0 bridgehead atoms. The van der Waals surface area contributed by atoms with Gasteiger partial charge in [0.2, 0.25) is 0 Å². The van der Waals surface area contributed by atoms with Gasteiger partial charge in [-0.3, -0.25) is 4.79 Å². The van der Waals surface area contributed by atoms with Crippen molar-refractivity contribution in [1.29, 1.82) is 0 Å². The van der Waals surface area contributed by atoms with Crippen LogP contribution in [0.2, 0.25) is 0 Å². The molecular formula is C22H33F4NO. The van der Waals surface area contributed by atoms with Crippen molar-refractivity contribution < 1.29 is 22.4 Å². The third-order valence-electron chi connectivity index (χ3n) is 4.86. The third kappa shape index (κ3) is 9.56. The van der Waals surface area contributed by atoms with Crippen LogP contribution in [0.15, 0.2) is 18.2 Å². The van der Waals surface area contributed by atoms with Crippen molar-refractivity contribution in [2.75, 3.05) is 6.54 Å². The molecule has 0 fully saturated rings. The highest BCUT2D eigenvalue weighted by atomic mass is 19.4. The molecule has 1 amide bonds. The van der Waals surface area contributed by atoms with E-state index in [1.165, 1.54) is 51.4 Å². The van der Waals surface area contributed by atoms with Crippen LogP contribution >= 0.6 is 0 Å². The Bertz CT molecular complexity index is 572. The molecular weight excluding hydrogens is 370 g/mol. The van der Waals surface area contributed by atoms with Crippen molar-refractivity contribution in [2.24, 2.45) is 0 Å². The summed E-state index contributed by atoms with van der Waals surface area (Å²) in [6.07, 6.45) is 9.28. The van der Waals surface area contributed by atoms with Gasteiger partial charge in [-0.25, -0.2) is 4.39 Å². The Morgan fingerprint density at radius 2 is 1.36 bits per heavy atom. The number of rotatable bonds is 14. The number of carbonyl (C=O) groups is 1. The van der Waals surface area contributed by atoms with E-state index in [0.717, 1.165) is 37.5 Å². The normalized spacial score (nSPS) is 11.6. The van der Waals surface area contributed by atoms with Crippen LogP contribution in [0.3, 0.4) is 0 Å². The summed E-state index contributed by atoms with van der Waals surface area (Å²) >= 11 is 0. The van der Waals surface area contributed by atoms with Gasteiger partial charge in [0.15, 0.2) is 0 Å². The summed E-state index contributed by atoms with van der Waals surface area (Å²) in [5.74, 6) is -2.16. The molecule has 28 heavy (non-hydrogen) atoms. The van der Waals surface area contributed by atoms with Gasteiger partial charge in [0.25, 0.3) is 5.91 Å². The predicted octanol–water partition coefficient (Wildman–Crippen LogP) is 7.28. The lowest BCUT2D eigenvalue weighted by molar-refractivity contribution is -0.138. The molecule has 0 radical (unpaired) electrons. The molecule has 0 aliphatic rings. The number of amides is 1. The number of unbranched alkanes of at least 4 members (excludes halogenated alkanes) is 11. The molecule has 160 valence electrons. The summed E-state index contributed by atoms with van der Waals surface area (Å²) in [5, 5.41) is 2.41. The highest BCUT2D eigenvalue weighted by molar-refractivity contribution is 5.96. The van der Waals surface area contributed by atoms with Gasteiger partial charge in [-0.2, -0.15) is 13.2 Å². The van der Waals surface area contributed by atoms with Gasteiger partial charge in [0.1, 0.15) is 5.82 Å². The molecule has 1 aromatic carbocycles. The minimum atomic E-state index is -4.76. The van der Waals surface area contributed by atoms with Gasteiger partial charge >= 0.3 is 6.18 Å². The van der Waals surface area contributed by atoms with E-state index < -0.39 is 29.0 Å². The van der Waals surface area contributed by atoms with E-state index >= 15 is 0 Å². The first-order valence-electron chi connectivity index (χ1n) is 10.5. The van der Waals surface area contributed by atoms with Crippen LogP contribution in [-0.2, 0) is 6.18 Å². The Balaban J connectivity index is 2.15. The Labute approximate surface area is 166 Å².